The average molecular weight is 323 g/mol. The van der Waals surface area contributed by atoms with Crippen molar-refractivity contribution < 1.29 is 9.90 Å². The van der Waals surface area contributed by atoms with Crippen LogP contribution in [0.2, 0.25) is 0 Å². The van der Waals surface area contributed by atoms with E-state index >= 15 is 0 Å². The molecule has 0 aliphatic carbocycles. The fraction of sp³-hybridized carbons (Fsp3) is 0.0714. The number of carboxylic acid groups (broad SMARTS) is 1. The van der Waals surface area contributed by atoms with E-state index in [1.54, 1.807) is 24.3 Å². The van der Waals surface area contributed by atoms with Gasteiger partial charge in [-0.1, -0.05) is 28.1 Å². The van der Waals surface area contributed by atoms with E-state index in [1.807, 2.05) is 24.3 Å². The Kier molecular flexibility index (Phi) is 5.89. The molecule has 0 aromatic heterocycles. The quantitative estimate of drug-likeness (QED) is 0.741. The van der Waals surface area contributed by atoms with E-state index in [4.69, 9.17) is 16.6 Å². The van der Waals surface area contributed by atoms with Gasteiger partial charge in [0.1, 0.15) is 0 Å². The van der Waals surface area contributed by atoms with Gasteiger partial charge in [-0.25, -0.2) is 0 Å². The summed E-state index contributed by atoms with van der Waals surface area (Å²) in [5.41, 5.74) is 13.0. The average Bonchev–Trinajstić information content (AvgIpc) is 2.33. The van der Waals surface area contributed by atoms with Gasteiger partial charge in [0.2, 0.25) is 0 Å². The Morgan fingerprint density at radius 2 is 1.68 bits per heavy atom. The number of aliphatic carboxylic acids is 1. The molecular weight excluding hydrogens is 308 g/mol. The standard InChI is InChI=1S/C8H9NO2.C6H6BrN/c9-7-3-1-2-6(4-7)5-8(10)11;7-5-1-3-6(8)4-2-5/h1-4H,5,9H2,(H,10,11);1-4H,8H2. The zero-order chi connectivity index (χ0) is 14.3. The Labute approximate surface area is 120 Å². The van der Waals surface area contributed by atoms with Crippen molar-refractivity contribution in [2.45, 2.75) is 6.42 Å². The van der Waals surface area contributed by atoms with E-state index in [2.05, 4.69) is 15.9 Å². The van der Waals surface area contributed by atoms with Crippen LogP contribution in [0.5, 0.6) is 0 Å². The molecule has 0 heterocycles. The highest BCUT2D eigenvalue weighted by Crippen LogP contribution is 2.10. The van der Waals surface area contributed by atoms with Gasteiger partial charge in [-0.2, -0.15) is 0 Å². The van der Waals surface area contributed by atoms with Crippen LogP contribution in [0.1, 0.15) is 5.56 Å². The molecule has 5 N–H and O–H groups in total. The number of anilines is 2. The molecule has 0 aliphatic rings. The van der Waals surface area contributed by atoms with Crippen molar-refractivity contribution in [2.24, 2.45) is 0 Å². The number of carbonyl (C=O) groups is 1. The maximum absolute atomic E-state index is 10.2. The number of nitrogen functional groups attached to an aromatic ring is 2. The molecular formula is C14H15BrN2O2. The van der Waals surface area contributed by atoms with Crippen LogP contribution in [0.15, 0.2) is 53.0 Å². The van der Waals surface area contributed by atoms with Gasteiger partial charge in [-0.15, -0.1) is 0 Å². The van der Waals surface area contributed by atoms with Gasteiger partial charge in [0.05, 0.1) is 6.42 Å². The van der Waals surface area contributed by atoms with Crippen molar-refractivity contribution in [1.82, 2.24) is 0 Å². The predicted molar refractivity (Wildman–Crippen MR) is 80.7 cm³/mol. The van der Waals surface area contributed by atoms with E-state index in [-0.39, 0.29) is 6.42 Å². The molecule has 0 amide bonds. The van der Waals surface area contributed by atoms with Gasteiger partial charge in [-0.3, -0.25) is 4.79 Å². The number of carboxylic acids is 1. The molecule has 0 bridgehead atoms. The van der Waals surface area contributed by atoms with Crippen LogP contribution in [-0.4, -0.2) is 11.1 Å². The molecule has 2 rings (SSSR count). The van der Waals surface area contributed by atoms with Crippen LogP contribution in [-0.2, 0) is 11.2 Å². The molecule has 0 fully saturated rings. The largest absolute Gasteiger partial charge is 0.481 e. The zero-order valence-electron chi connectivity index (χ0n) is 10.2. The molecule has 0 spiro atoms. The van der Waals surface area contributed by atoms with Gasteiger partial charge in [0, 0.05) is 15.8 Å². The van der Waals surface area contributed by atoms with Crippen molar-refractivity contribution >= 4 is 33.3 Å². The highest BCUT2D eigenvalue weighted by atomic mass is 79.9. The molecule has 100 valence electrons. The molecule has 0 saturated carbocycles. The third kappa shape index (κ3) is 6.47. The SMILES string of the molecule is Nc1ccc(Br)cc1.Nc1cccc(CC(=O)O)c1. The van der Waals surface area contributed by atoms with Crippen molar-refractivity contribution in [3.05, 3.63) is 58.6 Å². The molecule has 2 aromatic carbocycles. The monoisotopic (exact) mass is 322 g/mol. The molecule has 5 heteroatoms. The van der Waals surface area contributed by atoms with E-state index < -0.39 is 5.97 Å². The zero-order valence-corrected chi connectivity index (χ0v) is 11.8. The molecule has 19 heavy (non-hydrogen) atoms. The first-order chi connectivity index (χ1) is 8.97. The van der Waals surface area contributed by atoms with Crippen LogP contribution in [0.4, 0.5) is 11.4 Å². The van der Waals surface area contributed by atoms with Crippen molar-refractivity contribution in [3.63, 3.8) is 0 Å². The number of nitrogens with two attached hydrogens (primary N) is 2. The lowest BCUT2D eigenvalue weighted by Crippen LogP contribution is -2.00. The molecule has 0 aliphatic heterocycles. The van der Waals surface area contributed by atoms with Crippen LogP contribution in [0.25, 0.3) is 0 Å². The minimum atomic E-state index is -0.837. The Hall–Kier alpha value is -2.01. The molecule has 0 unspecified atom stereocenters. The number of hydrogen-bond acceptors (Lipinski definition) is 3. The number of hydrogen-bond donors (Lipinski definition) is 3. The highest BCUT2D eigenvalue weighted by molar-refractivity contribution is 9.10. The summed E-state index contributed by atoms with van der Waals surface area (Å²) in [6.07, 6.45) is 0.0328. The summed E-state index contributed by atoms with van der Waals surface area (Å²) >= 11 is 3.29. The predicted octanol–water partition coefficient (Wildman–Crippen LogP) is 2.93. The summed E-state index contributed by atoms with van der Waals surface area (Å²) < 4.78 is 1.06. The minimum absolute atomic E-state index is 0.0328. The third-order valence-electron chi connectivity index (χ3n) is 2.18. The fourth-order valence-electron chi connectivity index (χ4n) is 1.34. The minimum Gasteiger partial charge on any atom is -0.481 e. The van der Waals surface area contributed by atoms with Crippen molar-refractivity contribution in [1.29, 1.82) is 0 Å². The number of rotatable bonds is 2. The molecule has 2 aromatic rings. The Balaban J connectivity index is 0.000000200. The van der Waals surface area contributed by atoms with Gasteiger partial charge < -0.3 is 16.6 Å². The summed E-state index contributed by atoms with van der Waals surface area (Å²) in [5.74, 6) is -0.837. The normalized spacial score (nSPS) is 9.32. The molecule has 0 saturated heterocycles. The maximum Gasteiger partial charge on any atom is 0.307 e. The topological polar surface area (TPSA) is 89.3 Å². The first-order valence-electron chi connectivity index (χ1n) is 5.54. The number of benzene rings is 2. The molecule has 0 radical (unpaired) electrons. The second-order valence-electron chi connectivity index (χ2n) is 3.87. The van der Waals surface area contributed by atoms with E-state index in [0.717, 1.165) is 15.7 Å². The summed E-state index contributed by atoms with van der Waals surface area (Å²) in [7, 11) is 0. The Morgan fingerprint density at radius 3 is 2.16 bits per heavy atom. The van der Waals surface area contributed by atoms with Gasteiger partial charge in [0.15, 0.2) is 0 Å². The fourth-order valence-corrected chi connectivity index (χ4v) is 1.60. The number of halogens is 1. The lowest BCUT2D eigenvalue weighted by Gasteiger charge is -1.96. The van der Waals surface area contributed by atoms with Gasteiger partial charge >= 0.3 is 5.97 Å². The Bertz CT molecular complexity index is 520. The van der Waals surface area contributed by atoms with Crippen LogP contribution < -0.4 is 11.5 Å². The first-order valence-corrected chi connectivity index (χ1v) is 6.34. The van der Waals surface area contributed by atoms with Gasteiger partial charge in [-0.05, 0) is 42.0 Å². The van der Waals surface area contributed by atoms with Crippen molar-refractivity contribution in [2.75, 3.05) is 11.5 Å². The summed E-state index contributed by atoms with van der Waals surface area (Å²) in [6.45, 7) is 0. The lowest BCUT2D eigenvalue weighted by molar-refractivity contribution is -0.136. The lowest BCUT2D eigenvalue weighted by atomic mass is 10.1. The van der Waals surface area contributed by atoms with Crippen LogP contribution >= 0.6 is 15.9 Å². The summed E-state index contributed by atoms with van der Waals surface area (Å²) in [4.78, 5) is 10.2. The van der Waals surface area contributed by atoms with Gasteiger partial charge in [0.25, 0.3) is 0 Å². The third-order valence-corrected chi connectivity index (χ3v) is 2.71. The molecule has 4 nitrogen and oxygen atoms in total. The summed E-state index contributed by atoms with van der Waals surface area (Å²) in [5, 5.41) is 8.42. The van der Waals surface area contributed by atoms with Crippen LogP contribution in [0, 0.1) is 0 Å². The second-order valence-corrected chi connectivity index (χ2v) is 4.78. The van der Waals surface area contributed by atoms with Crippen molar-refractivity contribution in [3.8, 4) is 0 Å². The molecule has 0 atom stereocenters. The second kappa shape index (κ2) is 7.43. The first kappa shape index (κ1) is 15.0. The smallest absolute Gasteiger partial charge is 0.307 e. The maximum atomic E-state index is 10.2. The van der Waals surface area contributed by atoms with E-state index in [9.17, 15) is 4.79 Å². The van der Waals surface area contributed by atoms with E-state index in [0.29, 0.717) is 5.69 Å². The Morgan fingerprint density at radius 1 is 1.05 bits per heavy atom. The highest BCUT2D eigenvalue weighted by Gasteiger charge is 1.98. The summed E-state index contributed by atoms with van der Waals surface area (Å²) in [6, 6.07) is 14.4. The van der Waals surface area contributed by atoms with Crippen LogP contribution in [0.3, 0.4) is 0 Å². The van der Waals surface area contributed by atoms with E-state index in [1.165, 1.54) is 0 Å².